The van der Waals surface area contributed by atoms with E-state index in [1.807, 2.05) is 42.5 Å². The van der Waals surface area contributed by atoms with Crippen LogP contribution in [0, 0.1) is 0 Å². The van der Waals surface area contributed by atoms with Gasteiger partial charge in [-0.2, -0.15) is 0 Å². The van der Waals surface area contributed by atoms with Crippen LogP contribution < -0.4 is 0 Å². The van der Waals surface area contributed by atoms with Crippen LogP contribution in [0.15, 0.2) is 60.8 Å². The number of aliphatic hydroxyl groups is 1. The van der Waals surface area contributed by atoms with E-state index in [9.17, 15) is 5.11 Å². The Kier molecular flexibility index (Phi) is 3.20. The Morgan fingerprint density at radius 1 is 0.947 bits per heavy atom. The van der Waals surface area contributed by atoms with Crippen LogP contribution in [-0.2, 0) is 0 Å². The molecule has 0 saturated carbocycles. The van der Waals surface area contributed by atoms with Crippen molar-refractivity contribution in [2.45, 2.75) is 6.10 Å². The molecule has 0 aliphatic heterocycles. The van der Waals surface area contributed by atoms with Crippen LogP contribution in [0.2, 0.25) is 5.02 Å². The summed E-state index contributed by atoms with van der Waals surface area (Å²) in [6, 6.07) is 16.8. The molecule has 19 heavy (non-hydrogen) atoms. The fourth-order valence-corrected chi connectivity index (χ4v) is 2.32. The Morgan fingerprint density at radius 2 is 1.74 bits per heavy atom. The lowest BCUT2D eigenvalue weighted by atomic mass is 9.98. The number of aliphatic hydroxyl groups excluding tert-OH is 1. The van der Waals surface area contributed by atoms with Gasteiger partial charge in [-0.3, -0.25) is 4.98 Å². The van der Waals surface area contributed by atoms with Crippen LogP contribution in [0.3, 0.4) is 0 Å². The van der Waals surface area contributed by atoms with Gasteiger partial charge >= 0.3 is 0 Å². The van der Waals surface area contributed by atoms with Crippen molar-refractivity contribution in [3.63, 3.8) is 0 Å². The quantitative estimate of drug-likeness (QED) is 0.764. The zero-order chi connectivity index (χ0) is 13.2. The van der Waals surface area contributed by atoms with Crippen molar-refractivity contribution in [1.82, 2.24) is 4.98 Å². The fourth-order valence-electron chi connectivity index (χ4n) is 2.19. The van der Waals surface area contributed by atoms with E-state index in [2.05, 4.69) is 4.98 Å². The van der Waals surface area contributed by atoms with Crippen molar-refractivity contribution in [3.8, 4) is 0 Å². The zero-order valence-electron chi connectivity index (χ0n) is 10.1. The summed E-state index contributed by atoms with van der Waals surface area (Å²) in [5, 5.41) is 12.1. The Bertz CT molecular complexity index is 704. The van der Waals surface area contributed by atoms with Crippen LogP contribution in [0.1, 0.15) is 17.2 Å². The predicted octanol–water partition coefficient (Wildman–Crippen LogP) is 3.97. The third kappa shape index (κ3) is 2.33. The first-order chi connectivity index (χ1) is 9.25. The molecule has 0 fully saturated rings. The number of nitrogens with zero attached hydrogens (tertiary/aromatic N) is 1. The molecule has 2 nitrogen and oxygen atoms in total. The van der Waals surface area contributed by atoms with Crippen molar-refractivity contribution in [1.29, 1.82) is 0 Å². The minimum Gasteiger partial charge on any atom is -0.384 e. The minimum atomic E-state index is -0.676. The smallest absolute Gasteiger partial charge is 0.105 e. The first-order valence-corrected chi connectivity index (χ1v) is 6.41. The summed E-state index contributed by atoms with van der Waals surface area (Å²) in [6.07, 6.45) is 1.08. The van der Waals surface area contributed by atoms with E-state index in [-0.39, 0.29) is 0 Å². The summed E-state index contributed by atoms with van der Waals surface area (Å²) in [5.74, 6) is 0. The topological polar surface area (TPSA) is 33.1 Å². The van der Waals surface area contributed by atoms with E-state index in [0.29, 0.717) is 5.02 Å². The molecule has 1 heterocycles. The van der Waals surface area contributed by atoms with Gasteiger partial charge in [0, 0.05) is 16.6 Å². The highest BCUT2D eigenvalue weighted by molar-refractivity contribution is 6.30. The van der Waals surface area contributed by atoms with Crippen LogP contribution in [0.25, 0.3) is 10.9 Å². The van der Waals surface area contributed by atoms with Gasteiger partial charge in [0.05, 0.1) is 5.52 Å². The molecule has 2 aromatic carbocycles. The first-order valence-electron chi connectivity index (χ1n) is 6.03. The summed E-state index contributed by atoms with van der Waals surface area (Å²) in [6.45, 7) is 0. The van der Waals surface area contributed by atoms with Crippen molar-refractivity contribution >= 4 is 22.5 Å². The molecule has 0 saturated heterocycles. The molecule has 1 atom stereocenters. The van der Waals surface area contributed by atoms with E-state index < -0.39 is 6.10 Å². The van der Waals surface area contributed by atoms with E-state index >= 15 is 0 Å². The molecule has 3 aromatic rings. The number of hydrogen-bond acceptors (Lipinski definition) is 2. The molecule has 0 amide bonds. The van der Waals surface area contributed by atoms with Crippen LogP contribution >= 0.6 is 11.6 Å². The number of fused-ring (bicyclic) bond motifs is 1. The van der Waals surface area contributed by atoms with Gasteiger partial charge in [0.15, 0.2) is 0 Å². The van der Waals surface area contributed by atoms with Crippen LogP contribution in [0.5, 0.6) is 0 Å². The molecule has 3 heteroatoms. The summed E-state index contributed by atoms with van der Waals surface area (Å²) >= 11 is 5.87. The van der Waals surface area contributed by atoms with Crippen molar-refractivity contribution in [3.05, 3.63) is 76.9 Å². The maximum Gasteiger partial charge on any atom is 0.105 e. The standard InChI is InChI=1S/C16H12ClNO/c17-12-8-6-11(7-9-12)16(19)14-3-1-5-15-13(14)4-2-10-18-15/h1-10,16,19H. The van der Waals surface area contributed by atoms with Gasteiger partial charge in [-0.15, -0.1) is 0 Å². The molecule has 0 radical (unpaired) electrons. The Labute approximate surface area is 116 Å². The highest BCUT2D eigenvalue weighted by Gasteiger charge is 2.13. The van der Waals surface area contributed by atoms with Crippen LogP contribution in [-0.4, -0.2) is 10.1 Å². The number of aromatic nitrogens is 1. The first kappa shape index (κ1) is 12.2. The normalized spacial score (nSPS) is 12.5. The highest BCUT2D eigenvalue weighted by atomic mass is 35.5. The lowest BCUT2D eigenvalue weighted by molar-refractivity contribution is 0.222. The fraction of sp³-hybridized carbons (Fsp3) is 0.0625. The molecule has 0 spiro atoms. The molecule has 1 unspecified atom stereocenters. The SMILES string of the molecule is OC(c1ccc(Cl)cc1)c1cccc2ncccc12. The molecule has 0 aliphatic rings. The minimum absolute atomic E-state index is 0.663. The number of pyridine rings is 1. The third-order valence-electron chi connectivity index (χ3n) is 3.16. The maximum atomic E-state index is 10.5. The molecule has 0 bridgehead atoms. The highest BCUT2D eigenvalue weighted by Crippen LogP contribution is 2.28. The molecular weight excluding hydrogens is 258 g/mol. The summed E-state index contributed by atoms with van der Waals surface area (Å²) in [7, 11) is 0. The number of benzene rings is 2. The molecule has 3 rings (SSSR count). The van der Waals surface area contributed by atoms with Crippen molar-refractivity contribution < 1.29 is 5.11 Å². The third-order valence-corrected chi connectivity index (χ3v) is 3.41. The number of rotatable bonds is 2. The second-order valence-corrected chi connectivity index (χ2v) is 4.81. The van der Waals surface area contributed by atoms with E-state index in [1.54, 1.807) is 18.3 Å². The van der Waals surface area contributed by atoms with E-state index in [4.69, 9.17) is 11.6 Å². The van der Waals surface area contributed by atoms with Gasteiger partial charge in [-0.1, -0.05) is 41.9 Å². The Morgan fingerprint density at radius 3 is 2.53 bits per heavy atom. The molecule has 1 N–H and O–H groups in total. The Hall–Kier alpha value is -1.90. The second kappa shape index (κ2) is 5.00. The average Bonchev–Trinajstić information content (AvgIpc) is 2.47. The largest absolute Gasteiger partial charge is 0.384 e. The van der Waals surface area contributed by atoms with E-state index in [0.717, 1.165) is 22.0 Å². The molecule has 94 valence electrons. The number of halogens is 1. The monoisotopic (exact) mass is 269 g/mol. The van der Waals surface area contributed by atoms with Gasteiger partial charge in [0.1, 0.15) is 6.10 Å². The van der Waals surface area contributed by atoms with Crippen LogP contribution in [0.4, 0.5) is 0 Å². The molecular formula is C16H12ClNO. The zero-order valence-corrected chi connectivity index (χ0v) is 10.9. The molecule has 0 aliphatic carbocycles. The van der Waals surface area contributed by atoms with Gasteiger partial charge in [-0.05, 0) is 35.4 Å². The molecule has 1 aromatic heterocycles. The summed E-state index contributed by atoms with van der Waals surface area (Å²) in [5.41, 5.74) is 2.56. The van der Waals surface area contributed by atoms with Gasteiger partial charge in [0.25, 0.3) is 0 Å². The Balaban J connectivity index is 2.11. The summed E-state index contributed by atoms with van der Waals surface area (Å²) in [4.78, 5) is 4.30. The second-order valence-electron chi connectivity index (χ2n) is 4.37. The number of hydrogen-bond donors (Lipinski definition) is 1. The van der Waals surface area contributed by atoms with E-state index in [1.165, 1.54) is 0 Å². The predicted molar refractivity (Wildman–Crippen MR) is 77.3 cm³/mol. The lowest BCUT2D eigenvalue weighted by Crippen LogP contribution is -2.00. The van der Waals surface area contributed by atoms with Gasteiger partial charge in [-0.25, -0.2) is 0 Å². The van der Waals surface area contributed by atoms with Gasteiger partial charge < -0.3 is 5.11 Å². The van der Waals surface area contributed by atoms with Crippen molar-refractivity contribution in [2.24, 2.45) is 0 Å². The van der Waals surface area contributed by atoms with Crippen molar-refractivity contribution in [2.75, 3.05) is 0 Å². The maximum absolute atomic E-state index is 10.5. The average molecular weight is 270 g/mol. The van der Waals surface area contributed by atoms with Gasteiger partial charge in [0.2, 0.25) is 0 Å². The summed E-state index contributed by atoms with van der Waals surface area (Å²) < 4.78 is 0. The lowest BCUT2D eigenvalue weighted by Gasteiger charge is -2.14.